The van der Waals surface area contributed by atoms with Crippen molar-refractivity contribution in [3.8, 4) is 0 Å². The highest BCUT2D eigenvalue weighted by Gasteiger charge is 2.42. The molecule has 0 unspecified atom stereocenters. The Kier molecular flexibility index (Phi) is 2.77. The van der Waals surface area contributed by atoms with Gasteiger partial charge >= 0.3 is 5.97 Å². The summed E-state index contributed by atoms with van der Waals surface area (Å²) in [4.78, 5) is 10.7. The van der Waals surface area contributed by atoms with Crippen molar-refractivity contribution < 1.29 is 14.5 Å². The van der Waals surface area contributed by atoms with Crippen molar-refractivity contribution in [2.24, 2.45) is 0 Å². The molecule has 0 radical (unpaired) electrons. The van der Waals surface area contributed by atoms with Gasteiger partial charge in [0.2, 0.25) is 5.69 Å². The summed E-state index contributed by atoms with van der Waals surface area (Å²) in [5, 5.41) is 8.80. The van der Waals surface area contributed by atoms with Gasteiger partial charge in [-0.1, -0.05) is 18.2 Å². The van der Waals surface area contributed by atoms with Gasteiger partial charge in [0.25, 0.3) is 0 Å². The molecular formula is C14H18NO2+. The van der Waals surface area contributed by atoms with E-state index in [1.807, 2.05) is 12.1 Å². The fourth-order valence-electron chi connectivity index (χ4n) is 2.45. The maximum absolute atomic E-state index is 10.7. The maximum Gasteiger partial charge on any atom is 0.309 e. The monoisotopic (exact) mass is 232 g/mol. The molecule has 0 fully saturated rings. The highest BCUT2D eigenvalue weighted by molar-refractivity contribution is 5.93. The van der Waals surface area contributed by atoms with Crippen LogP contribution in [-0.4, -0.2) is 27.9 Å². The molecule has 2 rings (SSSR count). The van der Waals surface area contributed by atoms with Gasteiger partial charge in [-0.05, 0) is 13.8 Å². The second kappa shape index (κ2) is 3.99. The van der Waals surface area contributed by atoms with Crippen LogP contribution in [-0.2, 0) is 10.2 Å². The standard InChI is InChI=1S/C14H17NO2/c1-10-14(2,3)11-6-4-5-7-12(11)15(10)9-8-13(16)17/h4-7H,8-9H2,1-3H3/p+1. The van der Waals surface area contributed by atoms with Gasteiger partial charge in [-0.3, -0.25) is 4.79 Å². The second-order valence-electron chi connectivity index (χ2n) is 5.02. The van der Waals surface area contributed by atoms with Gasteiger partial charge in [-0.15, -0.1) is 0 Å². The molecule has 1 aromatic rings. The molecule has 0 amide bonds. The summed E-state index contributed by atoms with van der Waals surface area (Å²) in [6.45, 7) is 6.99. The zero-order valence-corrected chi connectivity index (χ0v) is 10.5. The van der Waals surface area contributed by atoms with Crippen LogP contribution in [0.25, 0.3) is 0 Å². The number of fused-ring (bicyclic) bond motifs is 1. The van der Waals surface area contributed by atoms with E-state index in [0.29, 0.717) is 6.54 Å². The van der Waals surface area contributed by atoms with Crippen molar-refractivity contribution in [2.75, 3.05) is 6.54 Å². The van der Waals surface area contributed by atoms with E-state index in [4.69, 9.17) is 5.11 Å². The maximum atomic E-state index is 10.7. The van der Waals surface area contributed by atoms with Crippen LogP contribution in [0.4, 0.5) is 5.69 Å². The summed E-state index contributed by atoms with van der Waals surface area (Å²) in [5.74, 6) is -0.750. The summed E-state index contributed by atoms with van der Waals surface area (Å²) in [6, 6.07) is 8.23. The molecule has 0 spiro atoms. The van der Waals surface area contributed by atoms with E-state index in [1.54, 1.807) is 0 Å². The van der Waals surface area contributed by atoms with Gasteiger partial charge in [-0.25, -0.2) is 0 Å². The highest BCUT2D eigenvalue weighted by Crippen LogP contribution is 2.39. The van der Waals surface area contributed by atoms with Crippen molar-refractivity contribution in [2.45, 2.75) is 32.6 Å². The predicted molar refractivity (Wildman–Crippen MR) is 67.2 cm³/mol. The largest absolute Gasteiger partial charge is 0.481 e. The van der Waals surface area contributed by atoms with Crippen LogP contribution in [0.5, 0.6) is 0 Å². The van der Waals surface area contributed by atoms with Crippen LogP contribution < -0.4 is 0 Å². The summed E-state index contributed by atoms with van der Waals surface area (Å²) in [7, 11) is 0. The third-order valence-electron chi connectivity index (χ3n) is 3.73. The minimum atomic E-state index is -0.750. The summed E-state index contributed by atoms with van der Waals surface area (Å²) in [6.07, 6.45) is 0.168. The van der Waals surface area contributed by atoms with Crippen molar-refractivity contribution in [1.29, 1.82) is 0 Å². The molecular weight excluding hydrogens is 214 g/mol. The van der Waals surface area contributed by atoms with E-state index in [0.717, 1.165) is 5.69 Å². The van der Waals surface area contributed by atoms with Gasteiger partial charge in [0.15, 0.2) is 12.3 Å². The molecule has 1 N–H and O–H groups in total. The lowest BCUT2D eigenvalue weighted by molar-refractivity contribution is -0.438. The molecule has 0 bridgehead atoms. The number of carboxylic acid groups (broad SMARTS) is 1. The molecule has 0 aliphatic carbocycles. The van der Waals surface area contributed by atoms with Crippen LogP contribution in [0.1, 0.15) is 32.8 Å². The smallest absolute Gasteiger partial charge is 0.309 e. The Labute approximate surface area is 101 Å². The Balaban J connectivity index is 2.43. The fourth-order valence-corrected chi connectivity index (χ4v) is 2.45. The minimum Gasteiger partial charge on any atom is -0.481 e. The number of benzene rings is 1. The lowest BCUT2D eigenvalue weighted by Crippen LogP contribution is -2.27. The molecule has 0 saturated carbocycles. The van der Waals surface area contributed by atoms with E-state index >= 15 is 0 Å². The summed E-state index contributed by atoms with van der Waals surface area (Å²) in [5.41, 5.74) is 3.65. The zero-order chi connectivity index (χ0) is 12.6. The first-order chi connectivity index (χ1) is 7.94. The van der Waals surface area contributed by atoms with E-state index in [1.165, 1.54) is 11.3 Å². The van der Waals surface area contributed by atoms with Crippen LogP contribution in [0.15, 0.2) is 24.3 Å². The lowest BCUT2D eigenvalue weighted by Gasteiger charge is -2.14. The Morgan fingerprint density at radius 2 is 2.00 bits per heavy atom. The Morgan fingerprint density at radius 3 is 2.65 bits per heavy atom. The third kappa shape index (κ3) is 1.86. The quantitative estimate of drug-likeness (QED) is 0.814. The molecule has 0 aromatic heterocycles. The molecule has 1 aromatic carbocycles. The summed E-state index contributed by atoms with van der Waals surface area (Å²) < 4.78 is 2.13. The highest BCUT2D eigenvalue weighted by atomic mass is 16.4. The van der Waals surface area contributed by atoms with Gasteiger partial charge in [0.05, 0.1) is 5.41 Å². The van der Waals surface area contributed by atoms with Crippen LogP contribution in [0.3, 0.4) is 0 Å². The normalized spacial score (nSPS) is 17.1. The summed E-state index contributed by atoms with van der Waals surface area (Å²) >= 11 is 0. The number of hydrogen-bond acceptors (Lipinski definition) is 1. The molecule has 90 valence electrons. The van der Waals surface area contributed by atoms with Crippen LogP contribution in [0.2, 0.25) is 0 Å². The van der Waals surface area contributed by atoms with Crippen molar-refractivity contribution in [3.05, 3.63) is 29.8 Å². The number of para-hydroxylation sites is 1. The number of carboxylic acids is 1. The molecule has 0 atom stereocenters. The van der Waals surface area contributed by atoms with Gasteiger partial charge < -0.3 is 5.11 Å². The fraction of sp³-hybridized carbons (Fsp3) is 0.429. The van der Waals surface area contributed by atoms with Crippen molar-refractivity contribution in [1.82, 2.24) is 0 Å². The van der Waals surface area contributed by atoms with Crippen LogP contribution >= 0.6 is 0 Å². The number of rotatable bonds is 3. The topological polar surface area (TPSA) is 40.3 Å². The van der Waals surface area contributed by atoms with Crippen molar-refractivity contribution >= 4 is 17.4 Å². The Morgan fingerprint density at radius 1 is 1.35 bits per heavy atom. The average molecular weight is 232 g/mol. The number of carbonyl (C=O) groups is 1. The number of nitrogens with zero attached hydrogens (tertiary/aromatic N) is 1. The third-order valence-corrected chi connectivity index (χ3v) is 3.73. The first-order valence-electron chi connectivity index (χ1n) is 5.87. The molecule has 1 heterocycles. The first-order valence-corrected chi connectivity index (χ1v) is 5.87. The van der Waals surface area contributed by atoms with E-state index in [9.17, 15) is 4.79 Å². The average Bonchev–Trinajstić information content (AvgIpc) is 2.47. The molecule has 0 saturated heterocycles. The Bertz CT molecular complexity index is 501. The van der Waals surface area contributed by atoms with Gasteiger partial charge in [0.1, 0.15) is 6.42 Å². The van der Waals surface area contributed by atoms with E-state index in [-0.39, 0.29) is 11.8 Å². The molecule has 17 heavy (non-hydrogen) atoms. The molecule has 1 aliphatic rings. The SMILES string of the molecule is CC1=[N+](CCC(=O)O)c2ccccc2C1(C)C. The number of aliphatic carboxylic acids is 1. The molecule has 3 heteroatoms. The predicted octanol–water partition coefficient (Wildman–Crippen LogP) is 2.56. The molecule has 1 aliphatic heterocycles. The van der Waals surface area contributed by atoms with Crippen molar-refractivity contribution in [3.63, 3.8) is 0 Å². The van der Waals surface area contributed by atoms with Gasteiger partial charge in [0, 0.05) is 18.6 Å². The van der Waals surface area contributed by atoms with Gasteiger partial charge in [-0.2, -0.15) is 4.58 Å². The van der Waals surface area contributed by atoms with E-state index in [2.05, 4.69) is 37.5 Å². The van der Waals surface area contributed by atoms with E-state index < -0.39 is 5.97 Å². The van der Waals surface area contributed by atoms with Crippen LogP contribution in [0, 0.1) is 0 Å². The number of hydrogen-bond donors (Lipinski definition) is 1. The minimum absolute atomic E-state index is 0.00486. The molecule has 3 nitrogen and oxygen atoms in total. The Hall–Kier alpha value is -1.64. The lowest BCUT2D eigenvalue weighted by atomic mass is 9.82. The first kappa shape index (κ1) is 11.8. The second-order valence-corrected chi connectivity index (χ2v) is 5.02. The zero-order valence-electron chi connectivity index (χ0n) is 10.5.